The molecule has 2 heterocycles. The highest BCUT2D eigenvalue weighted by atomic mass is 16.1. The van der Waals surface area contributed by atoms with Crippen molar-refractivity contribution in [2.24, 2.45) is 0 Å². The van der Waals surface area contributed by atoms with Crippen LogP contribution in [0, 0.1) is 0 Å². The van der Waals surface area contributed by atoms with Gasteiger partial charge in [-0.1, -0.05) is 47.7 Å². The molecule has 1 N–H and O–H groups in total. The Kier molecular flexibility index (Phi) is 4.02. The SMILES string of the molecule is CC(=O)c1cccc(Nc2cc(-n3nnc4ccccc43)nc3ccccc23)c1. The van der Waals surface area contributed by atoms with Gasteiger partial charge in [-0.3, -0.25) is 4.79 Å². The van der Waals surface area contributed by atoms with Crippen molar-refractivity contribution in [3.05, 3.63) is 84.4 Å². The summed E-state index contributed by atoms with van der Waals surface area (Å²) in [5, 5.41) is 12.9. The van der Waals surface area contributed by atoms with Crippen LogP contribution >= 0.6 is 0 Å². The van der Waals surface area contributed by atoms with E-state index in [1.807, 2.05) is 78.9 Å². The molecule has 3 aromatic carbocycles. The van der Waals surface area contributed by atoms with E-state index in [4.69, 9.17) is 4.98 Å². The van der Waals surface area contributed by atoms with E-state index in [0.29, 0.717) is 11.4 Å². The summed E-state index contributed by atoms with van der Waals surface area (Å²) in [5.74, 6) is 0.700. The lowest BCUT2D eigenvalue weighted by atomic mass is 10.1. The minimum absolute atomic E-state index is 0.0306. The molecule has 0 radical (unpaired) electrons. The number of anilines is 2. The third kappa shape index (κ3) is 3.10. The van der Waals surface area contributed by atoms with Crippen LogP contribution in [-0.2, 0) is 0 Å². The van der Waals surface area contributed by atoms with Crippen molar-refractivity contribution in [1.82, 2.24) is 20.0 Å². The van der Waals surface area contributed by atoms with Crippen LogP contribution in [0.1, 0.15) is 17.3 Å². The van der Waals surface area contributed by atoms with Gasteiger partial charge in [0.1, 0.15) is 5.52 Å². The van der Waals surface area contributed by atoms with Crippen molar-refractivity contribution in [1.29, 1.82) is 0 Å². The van der Waals surface area contributed by atoms with Crippen molar-refractivity contribution < 1.29 is 4.79 Å². The van der Waals surface area contributed by atoms with E-state index in [-0.39, 0.29) is 5.78 Å². The minimum atomic E-state index is 0.0306. The van der Waals surface area contributed by atoms with Crippen LogP contribution in [0.4, 0.5) is 11.4 Å². The highest BCUT2D eigenvalue weighted by Crippen LogP contribution is 2.29. The second kappa shape index (κ2) is 6.83. The molecule has 5 aromatic rings. The summed E-state index contributed by atoms with van der Waals surface area (Å²) in [4.78, 5) is 16.5. The van der Waals surface area contributed by atoms with Crippen LogP contribution in [0.2, 0.25) is 0 Å². The van der Waals surface area contributed by atoms with E-state index in [1.54, 1.807) is 11.6 Å². The standard InChI is InChI=1S/C23H17N5O/c1-15(29)16-7-6-8-17(13-16)24-21-14-23(25-19-10-3-2-9-18(19)21)28-22-12-5-4-11-20(22)26-27-28/h2-14H,1H3,(H,24,25). The Morgan fingerprint density at radius 1 is 0.897 bits per heavy atom. The van der Waals surface area contributed by atoms with E-state index in [2.05, 4.69) is 15.6 Å². The second-order valence-electron chi connectivity index (χ2n) is 6.80. The van der Waals surface area contributed by atoms with E-state index in [1.165, 1.54) is 0 Å². The Morgan fingerprint density at radius 2 is 1.69 bits per heavy atom. The zero-order valence-electron chi connectivity index (χ0n) is 15.7. The number of benzene rings is 3. The highest BCUT2D eigenvalue weighted by molar-refractivity contribution is 5.97. The molecule has 6 heteroatoms. The number of aromatic nitrogens is 4. The second-order valence-corrected chi connectivity index (χ2v) is 6.80. The van der Waals surface area contributed by atoms with Gasteiger partial charge in [0.2, 0.25) is 0 Å². The average molecular weight is 379 g/mol. The number of fused-ring (bicyclic) bond motifs is 2. The summed E-state index contributed by atoms with van der Waals surface area (Å²) in [6.07, 6.45) is 0. The number of rotatable bonds is 4. The number of nitrogens with one attached hydrogen (secondary N) is 1. The van der Waals surface area contributed by atoms with Crippen molar-refractivity contribution in [2.75, 3.05) is 5.32 Å². The zero-order chi connectivity index (χ0) is 19.8. The fourth-order valence-electron chi connectivity index (χ4n) is 3.38. The van der Waals surface area contributed by atoms with Crippen molar-refractivity contribution in [3.63, 3.8) is 0 Å². The van der Waals surface area contributed by atoms with Crippen molar-refractivity contribution >= 4 is 39.1 Å². The van der Waals surface area contributed by atoms with Crippen LogP contribution in [-0.4, -0.2) is 25.8 Å². The molecule has 0 fully saturated rings. The monoisotopic (exact) mass is 379 g/mol. The number of pyridine rings is 1. The first-order chi connectivity index (χ1) is 14.2. The molecule has 0 spiro atoms. The number of carbonyl (C=O) groups is 1. The average Bonchev–Trinajstić information content (AvgIpc) is 3.18. The van der Waals surface area contributed by atoms with Gasteiger partial charge in [0, 0.05) is 22.7 Å². The summed E-state index contributed by atoms with van der Waals surface area (Å²) in [6.45, 7) is 1.56. The van der Waals surface area contributed by atoms with Gasteiger partial charge >= 0.3 is 0 Å². The number of ketones is 1. The Balaban J connectivity index is 1.67. The van der Waals surface area contributed by atoms with Gasteiger partial charge in [-0.15, -0.1) is 5.10 Å². The summed E-state index contributed by atoms with van der Waals surface area (Å²) >= 11 is 0. The topological polar surface area (TPSA) is 72.7 Å². The minimum Gasteiger partial charge on any atom is -0.355 e. The lowest BCUT2D eigenvalue weighted by Gasteiger charge is -2.13. The molecular formula is C23H17N5O. The Labute approximate surface area is 166 Å². The Bertz CT molecular complexity index is 1370. The fraction of sp³-hybridized carbons (Fsp3) is 0.0435. The largest absolute Gasteiger partial charge is 0.355 e. The molecule has 0 saturated heterocycles. The van der Waals surface area contributed by atoms with Gasteiger partial charge in [0.25, 0.3) is 0 Å². The Morgan fingerprint density at radius 3 is 2.55 bits per heavy atom. The lowest BCUT2D eigenvalue weighted by Crippen LogP contribution is -2.03. The first-order valence-electron chi connectivity index (χ1n) is 9.28. The zero-order valence-corrected chi connectivity index (χ0v) is 15.7. The van der Waals surface area contributed by atoms with Gasteiger partial charge in [0.05, 0.1) is 16.7 Å². The summed E-state index contributed by atoms with van der Waals surface area (Å²) in [7, 11) is 0. The molecule has 29 heavy (non-hydrogen) atoms. The van der Waals surface area contributed by atoms with E-state index >= 15 is 0 Å². The fourth-order valence-corrected chi connectivity index (χ4v) is 3.38. The molecule has 5 rings (SSSR count). The predicted octanol–water partition coefficient (Wildman–Crippen LogP) is 4.91. The van der Waals surface area contributed by atoms with Crippen LogP contribution in [0.3, 0.4) is 0 Å². The van der Waals surface area contributed by atoms with Gasteiger partial charge in [-0.25, -0.2) is 4.98 Å². The van der Waals surface area contributed by atoms with Crippen LogP contribution in [0.15, 0.2) is 78.9 Å². The number of hydrogen-bond acceptors (Lipinski definition) is 5. The maximum atomic E-state index is 11.7. The molecule has 0 saturated carbocycles. The number of carbonyl (C=O) groups excluding carboxylic acids is 1. The molecule has 0 atom stereocenters. The maximum absolute atomic E-state index is 11.7. The molecule has 140 valence electrons. The molecule has 0 unspecified atom stereocenters. The first-order valence-corrected chi connectivity index (χ1v) is 9.28. The molecule has 0 amide bonds. The Hall–Kier alpha value is -4.06. The van der Waals surface area contributed by atoms with E-state index in [0.717, 1.165) is 33.3 Å². The third-order valence-corrected chi connectivity index (χ3v) is 4.82. The number of Topliss-reactive ketones (excluding diaryl/α,β-unsaturated/α-hetero) is 1. The van der Waals surface area contributed by atoms with Crippen LogP contribution in [0.25, 0.3) is 27.8 Å². The van der Waals surface area contributed by atoms with Crippen molar-refractivity contribution in [2.45, 2.75) is 6.92 Å². The number of hydrogen-bond donors (Lipinski definition) is 1. The van der Waals surface area contributed by atoms with Gasteiger partial charge < -0.3 is 5.32 Å². The van der Waals surface area contributed by atoms with E-state index in [9.17, 15) is 4.79 Å². The van der Waals surface area contributed by atoms with Gasteiger partial charge in [-0.2, -0.15) is 4.68 Å². The quantitative estimate of drug-likeness (QED) is 0.449. The maximum Gasteiger partial charge on any atom is 0.159 e. The molecular weight excluding hydrogens is 362 g/mol. The lowest BCUT2D eigenvalue weighted by molar-refractivity contribution is 0.101. The van der Waals surface area contributed by atoms with Crippen LogP contribution in [0.5, 0.6) is 0 Å². The molecule has 0 aliphatic rings. The predicted molar refractivity (Wildman–Crippen MR) is 114 cm³/mol. The highest BCUT2D eigenvalue weighted by Gasteiger charge is 2.12. The third-order valence-electron chi connectivity index (χ3n) is 4.82. The number of nitrogens with zero attached hydrogens (tertiary/aromatic N) is 4. The molecule has 2 aromatic heterocycles. The smallest absolute Gasteiger partial charge is 0.159 e. The van der Waals surface area contributed by atoms with Gasteiger partial charge in [-0.05, 0) is 37.3 Å². The molecule has 0 aliphatic carbocycles. The molecule has 6 nitrogen and oxygen atoms in total. The van der Waals surface area contributed by atoms with Crippen LogP contribution < -0.4 is 5.32 Å². The normalized spacial score (nSPS) is 11.1. The van der Waals surface area contributed by atoms with Crippen molar-refractivity contribution in [3.8, 4) is 5.82 Å². The molecule has 0 bridgehead atoms. The summed E-state index contributed by atoms with van der Waals surface area (Å²) in [5.41, 5.74) is 4.92. The van der Waals surface area contributed by atoms with E-state index < -0.39 is 0 Å². The molecule has 0 aliphatic heterocycles. The number of para-hydroxylation sites is 2. The summed E-state index contributed by atoms with van der Waals surface area (Å²) < 4.78 is 1.74. The first kappa shape index (κ1) is 17.1. The summed E-state index contributed by atoms with van der Waals surface area (Å²) in [6, 6.07) is 25.1. The van der Waals surface area contributed by atoms with Gasteiger partial charge in [0.15, 0.2) is 11.6 Å².